The van der Waals surface area contributed by atoms with Crippen LogP contribution in [-0.2, 0) is 10.9 Å². The molecule has 0 aliphatic carbocycles. The molecule has 0 fully saturated rings. The van der Waals surface area contributed by atoms with E-state index in [1.165, 1.54) is 13.2 Å². The molecule has 0 aliphatic heterocycles. The number of ether oxygens (including phenoxy) is 1. The van der Waals surface area contributed by atoms with Crippen LogP contribution in [0.3, 0.4) is 0 Å². The normalized spacial score (nSPS) is 13.7. The van der Waals surface area contributed by atoms with E-state index in [2.05, 4.69) is 21.2 Å². The molecule has 1 rings (SSSR count). The molecule has 6 heteroatoms. The Bertz CT molecular complexity index is 421. The van der Waals surface area contributed by atoms with Crippen molar-refractivity contribution in [3.63, 3.8) is 0 Å². The van der Waals surface area contributed by atoms with E-state index in [-0.39, 0.29) is 17.6 Å². The van der Waals surface area contributed by atoms with Crippen LogP contribution in [-0.4, -0.2) is 19.8 Å². The van der Waals surface area contributed by atoms with Gasteiger partial charge < -0.3 is 10.1 Å². The average Bonchev–Trinajstić information content (AvgIpc) is 2.29. The van der Waals surface area contributed by atoms with Gasteiger partial charge in [0.2, 0.25) is 0 Å². The van der Waals surface area contributed by atoms with Crippen LogP contribution in [0.1, 0.15) is 19.4 Å². The van der Waals surface area contributed by atoms with Crippen molar-refractivity contribution in [1.82, 2.24) is 0 Å². The Morgan fingerprint density at radius 2 is 1.95 bits per heavy atom. The number of nitrogens with one attached hydrogen (secondary N) is 1. The van der Waals surface area contributed by atoms with Crippen LogP contribution in [0, 0.1) is 5.92 Å². The van der Waals surface area contributed by atoms with Gasteiger partial charge in [-0.05, 0) is 24.1 Å². The van der Waals surface area contributed by atoms with Crippen molar-refractivity contribution in [3.05, 3.63) is 28.2 Å². The van der Waals surface area contributed by atoms with Crippen molar-refractivity contribution in [3.8, 4) is 0 Å². The maximum absolute atomic E-state index is 13.0. The molecule has 0 heterocycles. The lowest BCUT2D eigenvalue weighted by atomic mass is 10.0. The Balaban J connectivity index is 3.06. The monoisotopic (exact) mass is 339 g/mol. The summed E-state index contributed by atoms with van der Waals surface area (Å²) in [6, 6.07) is 3.92. The first kappa shape index (κ1) is 16.3. The average molecular weight is 340 g/mol. The largest absolute Gasteiger partial charge is 0.418 e. The number of benzene rings is 1. The predicted octanol–water partition coefficient (Wildman–Crippen LogP) is 4.55. The zero-order valence-electron chi connectivity index (χ0n) is 11.0. The van der Waals surface area contributed by atoms with E-state index in [1.807, 2.05) is 13.8 Å². The maximum Gasteiger partial charge on any atom is 0.418 e. The maximum atomic E-state index is 13.0. The zero-order chi connectivity index (χ0) is 14.6. The second-order valence-electron chi connectivity index (χ2n) is 4.64. The Kier molecular flexibility index (Phi) is 5.67. The molecule has 1 aromatic carbocycles. The molecule has 2 nitrogen and oxygen atoms in total. The van der Waals surface area contributed by atoms with Gasteiger partial charge in [-0.3, -0.25) is 0 Å². The van der Waals surface area contributed by atoms with E-state index in [0.29, 0.717) is 11.1 Å². The highest BCUT2D eigenvalue weighted by Gasteiger charge is 2.34. The summed E-state index contributed by atoms with van der Waals surface area (Å²) in [6.07, 6.45) is -4.39. The van der Waals surface area contributed by atoms with Gasteiger partial charge in [0.05, 0.1) is 18.2 Å². The van der Waals surface area contributed by atoms with Gasteiger partial charge in [-0.15, -0.1) is 0 Å². The number of rotatable bonds is 5. The molecule has 0 radical (unpaired) electrons. The number of hydrogen-bond donors (Lipinski definition) is 1. The van der Waals surface area contributed by atoms with Crippen LogP contribution in [0.15, 0.2) is 22.7 Å². The minimum absolute atomic E-state index is 0.0754. The van der Waals surface area contributed by atoms with E-state index in [4.69, 9.17) is 4.74 Å². The fourth-order valence-electron chi connectivity index (χ4n) is 1.66. The molecule has 19 heavy (non-hydrogen) atoms. The fourth-order valence-corrected chi connectivity index (χ4v) is 2.02. The predicted molar refractivity (Wildman–Crippen MR) is 73.3 cm³/mol. The smallest absolute Gasteiger partial charge is 0.383 e. The molecule has 0 saturated heterocycles. The fraction of sp³-hybridized carbons (Fsp3) is 0.538. The van der Waals surface area contributed by atoms with Crippen molar-refractivity contribution < 1.29 is 17.9 Å². The SMILES string of the molecule is COCC(Nc1ccc(Br)cc1C(F)(F)F)C(C)C. The third kappa shape index (κ3) is 4.69. The topological polar surface area (TPSA) is 21.3 Å². The number of anilines is 1. The summed E-state index contributed by atoms with van der Waals surface area (Å²) in [4.78, 5) is 0. The lowest BCUT2D eigenvalue weighted by Gasteiger charge is -2.25. The van der Waals surface area contributed by atoms with Gasteiger partial charge >= 0.3 is 6.18 Å². The minimum atomic E-state index is -4.39. The van der Waals surface area contributed by atoms with Gasteiger partial charge in [-0.1, -0.05) is 29.8 Å². The third-order valence-electron chi connectivity index (χ3n) is 2.78. The molecule has 1 unspecified atom stereocenters. The van der Waals surface area contributed by atoms with Gasteiger partial charge in [-0.2, -0.15) is 13.2 Å². The van der Waals surface area contributed by atoms with Crippen molar-refractivity contribution in [2.24, 2.45) is 5.92 Å². The van der Waals surface area contributed by atoms with Gasteiger partial charge in [0, 0.05) is 17.3 Å². The van der Waals surface area contributed by atoms with E-state index in [0.717, 1.165) is 6.07 Å². The van der Waals surface area contributed by atoms with Crippen LogP contribution in [0.5, 0.6) is 0 Å². The van der Waals surface area contributed by atoms with Gasteiger partial charge in [0.15, 0.2) is 0 Å². The van der Waals surface area contributed by atoms with Crippen molar-refractivity contribution in [2.45, 2.75) is 26.1 Å². The van der Waals surface area contributed by atoms with Crippen molar-refractivity contribution >= 4 is 21.6 Å². The first-order chi connectivity index (χ1) is 8.75. The van der Waals surface area contributed by atoms with Gasteiger partial charge in [0.25, 0.3) is 0 Å². The summed E-state index contributed by atoms with van der Waals surface area (Å²) in [5.74, 6) is 0.157. The molecule has 0 amide bonds. The molecule has 0 bridgehead atoms. The summed E-state index contributed by atoms with van der Waals surface area (Å²) in [5.41, 5.74) is -0.602. The molecule has 0 spiro atoms. The summed E-state index contributed by atoms with van der Waals surface area (Å²) in [7, 11) is 1.53. The Morgan fingerprint density at radius 1 is 1.32 bits per heavy atom. The number of methoxy groups -OCH3 is 1. The van der Waals surface area contributed by atoms with E-state index < -0.39 is 11.7 Å². The lowest BCUT2D eigenvalue weighted by Crippen LogP contribution is -2.31. The first-order valence-corrected chi connectivity index (χ1v) is 6.67. The molecule has 1 aromatic rings. The van der Waals surface area contributed by atoms with Crippen LogP contribution < -0.4 is 5.32 Å². The third-order valence-corrected chi connectivity index (χ3v) is 3.27. The highest BCUT2D eigenvalue weighted by Crippen LogP contribution is 2.37. The molecule has 108 valence electrons. The summed E-state index contributed by atoms with van der Waals surface area (Å²) in [5, 5.41) is 2.92. The van der Waals surface area contributed by atoms with E-state index in [9.17, 15) is 13.2 Å². The van der Waals surface area contributed by atoms with E-state index in [1.54, 1.807) is 6.07 Å². The van der Waals surface area contributed by atoms with Gasteiger partial charge in [-0.25, -0.2) is 0 Å². The number of hydrogen-bond acceptors (Lipinski definition) is 2. The molecule has 0 aliphatic rings. The van der Waals surface area contributed by atoms with Crippen LogP contribution in [0.25, 0.3) is 0 Å². The molecular formula is C13H17BrF3NO. The Hall–Kier alpha value is -0.750. The lowest BCUT2D eigenvalue weighted by molar-refractivity contribution is -0.137. The standard InChI is InChI=1S/C13H17BrF3NO/c1-8(2)12(7-19-3)18-11-5-4-9(14)6-10(11)13(15,16)17/h4-6,8,12,18H,7H2,1-3H3. The van der Waals surface area contributed by atoms with Crippen LogP contribution in [0.4, 0.5) is 18.9 Å². The number of alkyl halides is 3. The molecule has 0 aromatic heterocycles. The van der Waals surface area contributed by atoms with E-state index >= 15 is 0 Å². The summed E-state index contributed by atoms with van der Waals surface area (Å²) in [6.45, 7) is 4.22. The van der Waals surface area contributed by atoms with Crippen LogP contribution >= 0.6 is 15.9 Å². The molecule has 0 saturated carbocycles. The second kappa shape index (κ2) is 6.61. The van der Waals surface area contributed by atoms with Crippen molar-refractivity contribution in [2.75, 3.05) is 19.0 Å². The summed E-state index contributed by atoms with van der Waals surface area (Å²) < 4.78 is 44.4. The van der Waals surface area contributed by atoms with Crippen molar-refractivity contribution in [1.29, 1.82) is 0 Å². The summed E-state index contributed by atoms with van der Waals surface area (Å²) >= 11 is 3.06. The number of halogens is 4. The van der Waals surface area contributed by atoms with Gasteiger partial charge in [0.1, 0.15) is 0 Å². The zero-order valence-corrected chi connectivity index (χ0v) is 12.6. The Morgan fingerprint density at radius 3 is 2.42 bits per heavy atom. The quantitative estimate of drug-likeness (QED) is 0.849. The van der Waals surface area contributed by atoms with Crippen LogP contribution in [0.2, 0.25) is 0 Å². The second-order valence-corrected chi connectivity index (χ2v) is 5.55. The highest BCUT2D eigenvalue weighted by atomic mass is 79.9. The molecule has 1 N–H and O–H groups in total. The first-order valence-electron chi connectivity index (χ1n) is 5.88. The molecular weight excluding hydrogens is 323 g/mol. The highest BCUT2D eigenvalue weighted by molar-refractivity contribution is 9.10. The Labute approximate surface area is 119 Å². The molecule has 1 atom stereocenters. The minimum Gasteiger partial charge on any atom is -0.383 e.